The molecular weight excluding hydrogens is 492 g/mol. The number of carbonyl (C=O) groups excluding carboxylic acids is 1. The Morgan fingerprint density at radius 2 is 1.49 bits per heavy atom. The van der Waals surface area contributed by atoms with Crippen LogP contribution in [0.3, 0.4) is 0 Å². The van der Waals surface area contributed by atoms with Crippen LogP contribution in [0.2, 0.25) is 0 Å². The van der Waals surface area contributed by atoms with Crippen molar-refractivity contribution in [1.29, 1.82) is 0 Å². The molecule has 9 nitrogen and oxygen atoms in total. The van der Waals surface area contributed by atoms with E-state index in [1.54, 1.807) is 36.1 Å². The maximum atomic E-state index is 12.6. The number of piperazine rings is 1. The van der Waals surface area contributed by atoms with Gasteiger partial charge in [0.05, 0.1) is 22.7 Å². The third-order valence-corrected chi connectivity index (χ3v) is 8.29. The molecule has 0 bridgehead atoms. The first kappa shape index (κ1) is 28.8. The van der Waals surface area contributed by atoms with Crippen LogP contribution in [0.4, 0.5) is 0 Å². The van der Waals surface area contributed by atoms with E-state index in [1.165, 1.54) is 31.4 Å². The lowest BCUT2D eigenvalue weighted by Crippen LogP contribution is -2.57. The summed E-state index contributed by atoms with van der Waals surface area (Å²) in [7, 11) is -6.01. The first-order valence-electron chi connectivity index (χ1n) is 11.2. The average Bonchev–Trinajstić information content (AvgIpc) is 2.77. The quantitative estimate of drug-likeness (QED) is 0.550. The van der Waals surface area contributed by atoms with Crippen molar-refractivity contribution in [1.82, 2.24) is 10.2 Å². The van der Waals surface area contributed by atoms with Gasteiger partial charge in [-0.25, -0.2) is 8.42 Å². The van der Waals surface area contributed by atoms with E-state index in [0.29, 0.717) is 18.8 Å². The Labute approximate surface area is 208 Å². The summed E-state index contributed by atoms with van der Waals surface area (Å²) in [6, 6.07) is 12.7. The maximum Gasteiger partial charge on any atom is 0.294 e. The highest BCUT2D eigenvalue weighted by Crippen LogP contribution is 2.20. The van der Waals surface area contributed by atoms with Gasteiger partial charge in [-0.15, -0.1) is 0 Å². The second-order valence-electron chi connectivity index (χ2n) is 8.86. The molecule has 11 heteroatoms. The SMILES string of the molecule is COc1ccc(S(=O)(=O)CC(C)C(=O)N2CC(C)NC(C)C2)cc1.Cc1ccc(S(=O)(=O)O)cc1. The van der Waals surface area contributed by atoms with E-state index >= 15 is 0 Å². The molecule has 3 rings (SSSR count). The molecule has 1 heterocycles. The highest BCUT2D eigenvalue weighted by atomic mass is 32.2. The van der Waals surface area contributed by atoms with E-state index in [-0.39, 0.29) is 33.5 Å². The van der Waals surface area contributed by atoms with E-state index < -0.39 is 25.9 Å². The Morgan fingerprint density at radius 3 is 1.94 bits per heavy atom. The molecule has 0 aromatic heterocycles. The molecular formula is C24H34N2O7S2. The van der Waals surface area contributed by atoms with Crippen LogP contribution in [0.25, 0.3) is 0 Å². The highest BCUT2D eigenvalue weighted by Gasteiger charge is 2.30. The zero-order valence-corrected chi connectivity index (χ0v) is 22.3. The first-order chi connectivity index (χ1) is 16.2. The van der Waals surface area contributed by atoms with Crippen LogP contribution in [0.5, 0.6) is 5.75 Å². The number of hydrogen-bond acceptors (Lipinski definition) is 7. The van der Waals surface area contributed by atoms with Crippen molar-refractivity contribution in [3.05, 3.63) is 54.1 Å². The molecule has 0 aliphatic carbocycles. The number of amides is 1. The van der Waals surface area contributed by atoms with Gasteiger partial charge in [0.15, 0.2) is 9.84 Å². The van der Waals surface area contributed by atoms with Crippen LogP contribution < -0.4 is 10.1 Å². The van der Waals surface area contributed by atoms with Crippen LogP contribution in [0.15, 0.2) is 58.3 Å². The first-order valence-corrected chi connectivity index (χ1v) is 14.3. The Bertz CT molecular complexity index is 1190. The zero-order chi connectivity index (χ0) is 26.4. The van der Waals surface area contributed by atoms with Crippen molar-refractivity contribution < 1.29 is 30.9 Å². The van der Waals surface area contributed by atoms with Crippen molar-refractivity contribution in [2.24, 2.45) is 5.92 Å². The van der Waals surface area contributed by atoms with Crippen molar-refractivity contribution >= 4 is 25.9 Å². The van der Waals surface area contributed by atoms with Gasteiger partial charge in [0.2, 0.25) is 5.91 Å². The lowest BCUT2D eigenvalue weighted by atomic mass is 10.1. The van der Waals surface area contributed by atoms with Crippen LogP contribution in [-0.2, 0) is 24.7 Å². The summed E-state index contributed by atoms with van der Waals surface area (Å²) in [4.78, 5) is 14.5. The van der Waals surface area contributed by atoms with Gasteiger partial charge < -0.3 is 15.0 Å². The van der Waals surface area contributed by atoms with Gasteiger partial charge in [0, 0.05) is 31.1 Å². The summed E-state index contributed by atoms with van der Waals surface area (Å²) in [6.07, 6.45) is 0. The lowest BCUT2D eigenvalue weighted by Gasteiger charge is -2.37. The van der Waals surface area contributed by atoms with Gasteiger partial charge >= 0.3 is 0 Å². The smallest absolute Gasteiger partial charge is 0.294 e. The number of ether oxygens (including phenoxy) is 1. The molecule has 1 amide bonds. The predicted molar refractivity (Wildman–Crippen MR) is 134 cm³/mol. The molecule has 2 N–H and O–H groups in total. The van der Waals surface area contributed by atoms with Crippen molar-refractivity contribution in [3.8, 4) is 5.75 Å². The van der Waals surface area contributed by atoms with Gasteiger partial charge in [-0.1, -0.05) is 24.6 Å². The monoisotopic (exact) mass is 526 g/mol. The molecule has 0 saturated carbocycles. The molecule has 3 atom stereocenters. The van der Waals surface area contributed by atoms with Gasteiger partial charge in [0.25, 0.3) is 10.1 Å². The average molecular weight is 527 g/mol. The number of nitrogens with zero attached hydrogens (tertiary/aromatic N) is 1. The summed E-state index contributed by atoms with van der Waals surface area (Å²) < 4.78 is 59.7. The number of aryl methyl sites for hydroxylation is 1. The maximum absolute atomic E-state index is 12.6. The molecule has 2 aromatic carbocycles. The van der Waals surface area contributed by atoms with Crippen molar-refractivity contribution in [3.63, 3.8) is 0 Å². The van der Waals surface area contributed by atoms with Crippen LogP contribution in [0, 0.1) is 12.8 Å². The van der Waals surface area contributed by atoms with E-state index in [1.807, 2.05) is 20.8 Å². The molecule has 1 aliphatic heterocycles. The Hall–Kier alpha value is -2.47. The molecule has 0 spiro atoms. The minimum Gasteiger partial charge on any atom is -0.497 e. The standard InChI is InChI=1S/C17H26N2O4S.C7H8O3S/c1-12(17(20)19-9-13(2)18-14(3)10-19)11-24(21,22)16-7-5-15(23-4)6-8-16;1-6-2-4-7(5-3-6)11(8,9)10/h5-8,12-14,18H,9-11H2,1-4H3;2-5H,1H3,(H,8,9,10). The Morgan fingerprint density at radius 1 is 1.00 bits per heavy atom. The molecule has 0 radical (unpaired) electrons. The summed E-state index contributed by atoms with van der Waals surface area (Å²) in [6.45, 7) is 8.78. The Kier molecular flexibility index (Phi) is 9.85. The van der Waals surface area contributed by atoms with Crippen LogP contribution in [0.1, 0.15) is 26.3 Å². The van der Waals surface area contributed by atoms with Crippen molar-refractivity contribution in [2.75, 3.05) is 26.0 Å². The van der Waals surface area contributed by atoms with Crippen LogP contribution >= 0.6 is 0 Å². The summed E-state index contributed by atoms with van der Waals surface area (Å²) in [5, 5.41) is 3.36. The minimum atomic E-state index is -4.02. The third kappa shape index (κ3) is 8.60. The zero-order valence-electron chi connectivity index (χ0n) is 20.6. The largest absolute Gasteiger partial charge is 0.497 e. The number of hydrogen-bond donors (Lipinski definition) is 2. The number of carbonyl (C=O) groups is 1. The molecule has 2 aromatic rings. The lowest BCUT2D eigenvalue weighted by molar-refractivity contribution is -0.136. The third-order valence-electron chi connectivity index (χ3n) is 5.50. The molecule has 3 unspecified atom stereocenters. The molecule has 1 saturated heterocycles. The number of benzene rings is 2. The highest BCUT2D eigenvalue weighted by molar-refractivity contribution is 7.91. The Balaban J connectivity index is 0.000000328. The van der Waals surface area contributed by atoms with E-state index in [9.17, 15) is 21.6 Å². The van der Waals surface area contributed by atoms with Gasteiger partial charge in [-0.05, 0) is 57.2 Å². The molecule has 1 fully saturated rings. The van der Waals surface area contributed by atoms with Crippen molar-refractivity contribution in [2.45, 2.75) is 49.6 Å². The fourth-order valence-corrected chi connectivity index (χ4v) is 5.83. The van der Waals surface area contributed by atoms with E-state index in [4.69, 9.17) is 9.29 Å². The normalized spacial score (nSPS) is 19.3. The second kappa shape index (κ2) is 12.0. The number of rotatable bonds is 6. The summed E-state index contributed by atoms with van der Waals surface area (Å²) in [5.74, 6) is -0.269. The van der Waals surface area contributed by atoms with E-state index in [0.717, 1.165) is 5.56 Å². The van der Waals surface area contributed by atoms with E-state index in [2.05, 4.69) is 5.32 Å². The fraction of sp³-hybridized carbons (Fsp3) is 0.458. The number of methoxy groups -OCH3 is 1. The van der Waals surface area contributed by atoms with Gasteiger partial charge in [0.1, 0.15) is 5.75 Å². The molecule has 194 valence electrons. The second-order valence-corrected chi connectivity index (χ2v) is 12.3. The van der Waals surface area contributed by atoms with Crippen LogP contribution in [-0.4, -0.2) is 70.2 Å². The van der Waals surface area contributed by atoms with Gasteiger partial charge in [-0.3, -0.25) is 9.35 Å². The molecule has 35 heavy (non-hydrogen) atoms. The molecule has 1 aliphatic rings. The minimum absolute atomic E-state index is 0.0666. The topological polar surface area (TPSA) is 130 Å². The summed E-state index contributed by atoms with van der Waals surface area (Å²) in [5.41, 5.74) is 0.956. The van der Waals surface area contributed by atoms with Gasteiger partial charge in [-0.2, -0.15) is 8.42 Å². The number of sulfone groups is 1. The number of nitrogens with one attached hydrogen (secondary N) is 1. The summed E-state index contributed by atoms with van der Waals surface area (Å²) >= 11 is 0. The fourth-order valence-electron chi connectivity index (χ4n) is 3.81. The predicted octanol–water partition coefficient (Wildman–Crippen LogP) is 2.56.